The van der Waals surface area contributed by atoms with Crippen LogP contribution in [-0.2, 0) is 4.79 Å². The summed E-state index contributed by atoms with van der Waals surface area (Å²) in [4.78, 5) is 15.4. The molecule has 92 valence electrons. The average Bonchev–Trinajstić information content (AvgIpc) is 2.46. The van der Waals surface area contributed by atoms with E-state index in [1.54, 1.807) is 0 Å². The van der Waals surface area contributed by atoms with Gasteiger partial charge in [0.05, 0.1) is 0 Å². The van der Waals surface area contributed by atoms with Gasteiger partial charge in [-0.05, 0) is 32.9 Å². The van der Waals surface area contributed by atoms with E-state index in [1.165, 1.54) is 12.8 Å². The summed E-state index contributed by atoms with van der Waals surface area (Å²) in [5.74, 6) is -0.900. The van der Waals surface area contributed by atoms with Crippen LogP contribution in [0.1, 0.15) is 19.3 Å². The summed E-state index contributed by atoms with van der Waals surface area (Å²) in [6, 6.07) is 0.534. The normalized spacial score (nSPS) is 33.6. The number of nitrogens with two attached hydrogens (primary N) is 1. The number of carboxylic acids is 1. The van der Waals surface area contributed by atoms with Crippen LogP contribution in [-0.4, -0.2) is 65.7 Å². The summed E-state index contributed by atoms with van der Waals surface area (Å²) in [7, 11) is 2.18. The molecule has 2 bridgehead atoms. The molecule has 2 heterocycles. The summed E-state index contributed by atoms with van der Waals surface area (Å²) in [6.07, 6.45) is 3.67. The largest absolute Gasteiger partial charge is 0.480 e. The molecule has 0 amide bonds. The molecule has 5 nitrogen and oxygen atoms in total. The van der Waals surface area contributed by atoms with Crippen molar-refractivity contribution in [1.29, 1.82) is 0 Å². The molecule has 0 aromatic carbocycles. The summed E-state index contributed by atoms with van der Waals surface area (Å²) in [6.45, 7) is 2.42. The number of nitrogens with zero attached hydrogens (tertiary/aromatic N) is 2. The van der Waals surface area contributed by atoms with Crippen molar-refractivity contribution in [2.45, 2.75) is 37.4 Å². The van der Waals surface area contributed by atoms with E-state index >= 15 is 0 Å². The van der Waals surface area contributed by atoms with E-state index in [0.717, 1.165) is 19.5 Å². The molecule has 2 saturated heterocycles. The number of carboxylic acid groups (broad SMARTS) is 1. The molecule has 0 radical (unpaired) electrons. The molecule has 2 fully saturated rings. The summed E-state index contributed by atoms with van der Waals surface area (Å²) in [5.41, 5.74) is 5.58. The highest BCUT2D eigenvalue weighted by Gasteiger charge is 2.35. The second kappa shape index (κ2) is 4.69. The zero-order valence-electron chi connectivity index (χ0n) is 9.80. The van der Waals surface area contributed by atoms with Crippen LogP contribution in [0, 0.1) is 0 Å². The molecular formula is C11H21N3O2. The first kappa shape index (κ1) is 11.8. The van der Waals surface area contributed by atoms with Crippen LogP contribution in [0.25, 0.3) is 0 Å². The van der Waals surface area contributed by atoms with Gasteiger partial charge in [0, 0.05) is 25.2 Å². The monoisotopic (exact) mass is 227 g/mol. The SMILES string of the molecule is CN1C2CCC1CN(CC(N)C(=O)O)CC2. The van der Waals surface area contributed by atoms with Crippen LogP contribution in [0.5, 0.6) is 0 Å². The highest BCUT2D eigenvalue weighted by molar-refractivity contribution is 5.73. The second-order valence-corrected chi connectivity index (χ2v) is 5.04. The summed E-state index contributed by atoms with van der Waals surface area (Å²) in [5, 5.41) is 8.80. The topological polar surface area (TPSA) is 69.8 Å². The van der Waals surface area contributed by atoms with Crippen LogP contribution in [0.3, 0.4) is 0 Å². The lowest BCUT2D eigenvalue weighted by Crippen LogP contribution is -2.45. The van der Waals surface area contributed by atoms with Crippen LogP contribution < -0.4 is 5.73 Å². The molecule has 3 N–H and O–H groups in total. The third-order valence-electron chi connectivity index (χ3n) is 4.00. The fourth-order valence-corrected chi connectivity index (χ4v) is 2.90. The molecule has 2 aliphatic rings. The van der Waals surface area contributed by atoms with Crippen molar-refractivity contribution < 1.29 is 9.90 Å². The third kappa shape index (κ3) is 2.36. The van der Waals surface area contributed by atoms with Gasteiger partial charge in [-0.25, -0.2) is 0 Å². The van der Waals surface area contributed by atoms with E-state index in [9.17, 15) is 4.79 Å². The molecule has 0 saturated carbocycles. The Bertz CT molecular complexity index is 272. The van der Waals surface area contributed by atoms with Gasteiger partial charge in [0.1, 0.15) is 6.04 Å². The molecular weight excluding hydrogens is 206 g/mol. The molecule has 5 heteroatoms. The second-order valence-electron chi connectivity index (χ2n) is 5.04. The van der Waals surface area contributed by atoms with E-state index in [4.69, 9.17) is 10.8 Å². The first-order valence-electron chi connectivity index (χ1n) is 6.00. The predicted octanol–water partition coefficient (Wildman–Crippen LogP) is -0.433. The highest BCUT2D eigenvalue weighted by atomic mass is 16.4. The minimum atomic E-state index is -0.900. The summed E-state index contributed by atoms with van der Waals surface area (Å²) >= 11 is 0. The Hall–Kier alpha value is -0.650. The number of aliphatic carboxylic acids is 1. The van der Waals surface area contributed by atoms with Crippen molar-refractivity contribution in [3.05, 3.63) is 0 Å². The number of carbonyl (C=O) groups is 1. The van der Waals surface area contributed by atoms with Crippen LogP contribution in [0.4, 0.5) is 0 Å². The number of likely N-dealkylation sites (tertiary alicyclic amines) is 1. The Morgan fingerprint density at radius 1 is 1.44 bits per heavy atom. The minimum absolute atomic E-state index is 0.479. The average molecular weight is 227 g/mol. The number of fused-ring (bicyclic) bond motifs is 2. The maximum Gasteiger partial charge on any atom is 0.321 e. The summed E-state index contributed by atoms with van der Waals surface area (Å²) < 4.78 is 0. The van der Waals surface area contributed by atoms with E-state index in [1.807, 2.05) is 0 Å². The maximum atomic E-state index is 10.7. The Balaban J connectivity index is 1.91. The van der Waals surface area contributed by atoms with Crippen LogP contribution in [0.15, 0.2) is 0 Å². The van der Waals surface area contributed by atoms with Crippen molar-refractivity contribution in [2.24, 2.45) is 5.73 Å². The standard InChI is InChI=1S/C11H21N3O2/c1-13-8-2-3-9(13)6-14(5-4-8)7-10(12)11(15)16/h8-10H,2-7,12H2,1H3,(H,15,16). The number of hydrogen-bond donors (Lipinski definition) is 2. The Labute approximate surface area is 96.2 Å². The maximum absolute atomic E-state index is 10.7. The Morgan fingerprint density at radius 3 is 2.81 bits per heavy atom. The van der Waals surface area contributed by atoms with Gasteiger partial charge < -0.3 is 10.8 Å². The molecule has 0 spiro atoms. The molecule has 2 rings (SSSR count). The molecule has 0 aliphatic carbocycles. The van der Waals surface area contributed by atoms with Crippen molar-refractivity contribution in [3.63, 3.8) is 0 Å². The molecule has 0 aromatic rings. The van der Waals surface area contributed by atoms with E-state index in [-0.39, 0.29) is 0 Å². The highest BCUT2D eigenvalue weighted by Crippen LogP contribution is 2.28. The lowest BCUT2D eigenvalue weighted by Gasteiger charge is -2.26. The van der Waals surface area contributed by atoms with E-state index in [0.29, 0.717) is 18.6 Å². The van der Waals surface area contributed by atoms with Gasteiger partial charge in [0.25, 0.3) is 0 Å². The van der Waals surface area contributed by atoms with Gasteiger partial charge in [-0.3, -0.25) is 14.6 Å². The van der Waals surface area contributed by atoms with Crippen molar-refractivity contribution in [3.8, 4) is 0 Å². The van der Waals surface area contributed by atoms with E-state index in [2.05, 4.69) is 16.8 Å². The molecule has 3 unspecified atom stereocenters. The molecule has 3 atom stereocenters. The fourth-order valence-electron chi connectivity index (χ4n) is 2.90. The molecule has 0 aromatic heterocycles. The molecule has 2 aliphatic heterocycles. The van der Waals surface area contributed by atoms with Crippen molar-refractivity contribution in [1.82, 2.24) is 9.80 Å². The van der Waals surface area contributed by atoms with E-state index < -0.39 is 12.0 Å². The quantitative estimate of drug-likeness (QED) is 0.684. The smallest absolute Gasteiger partial charge is 0.321 e. The third-order valence-corrected chi connectivity index (χ3v) is 4.00. The van der Waals surface area contributed by atoms with Crippen LogP contribution in [0.2, 0.25) is 0 Å². The lowest BCUT2D eigenvalue weighted by molar-refractivity contribution is -0.139. The van der Waals surface area contributed by atoms with Gasteiger partial charge in [-0.15, -0.1) is 0 Å². The first-order chi connectivity index (χ1) is 7.58. The van der Waals surface area contributed by atoms with Gasteiger partial charge >= 0.3 is 5.97 Å². The van der Waals surface area contributed by atoms with Gasteiger partial charge in [-0.2, -0.15) is 0 Å². The minimum Gasteiger partial charge on any atom is -0.480 e. The number of hydrogen-bond acceptors (Lipinski definition) is 4. The number of likely N-dealkylation sites (N-methyl/N-ethyl adjacent to an activating group) is 1. The van der Waals surface area contributed by atoms with Crippen LogP contribution >= 0.6 is 0 Å². The fraction of sp³-hybridized carbons (Fsp3) is 0.909. The van der Waals surface area contributed by atoms with Gasteiger partial charge in [0.15, 0.2) is 0 Å². The van der Waals surface area contributed by atoms with Crippen molar-refractivity contribution in [2.75, 3.05) is 26.7 Å². The Kier molecular flexibility index (Phi) is 3.47. The lowest BCUT2D eigenvalue weighted by atomic mass is 10.1. The van der Waals surface area contributed by atoms with Gasteiger partial charge in [0.2, 0.25) is 0 Å². The molecule has 16 heavy (non-hydrogen) atoms. The zero-order chi connectivity index (χ0) is 11.7. The zero-order valence-corrected chi connectivity index (χ0v) is 9.80. The number of rotatable bonds is 3. The van der Waals surface area contributed by atoms with Crippen molar-refractivity contribution >= 4 is 5.97 Å². The first-order valence-corrected chi connectivity index (χ1v) is 6.00. The Morgan fingerprint density at radius 2 is 2.12 bits per heavy atom. The van der Waals surface area contributed by atoms with Gasteiger partial charge in [-0.1, -0.05) is 0 Å². The predicted molar refractivity (Wildman–Crippen MR) is 61.2 cm³/mol.